The van der Waals surface area contributed by atoms with Gasteiger partial charge < -0.3 is 9.47 Å². The molecule has 0 N–H and O–H groups in total. The Hall–Kier alpha value is -2.10. The summed E-state index contributed by atoms with van der Waals surface area (Å²) in [7, 11) is 0. The summed E-state index contributed by atoms with van der Waals surface area (Å²) in [6, 6.07) is 6.90. The predicted octanol–water partition coefficient (Wildman–Crippen LogP) is 3.22. The third-order valence-electron chi connectivity index (χ3n) is 2.55. The number of esters is 2. The number of carbonyl (C=O) groups excluding carboxylic acids is 2. The predicted molar refractivity (Wildman–Crippen MR) is 77.3 cm³/mol. The van der Waals surface area contributed by atoms with Crippen LogP contribution in [0.5, 0.6) is 0 Å². The molecule has 1 aromatic rings. The first-order valence-corrected chi connectivity index (χ1v) is 6.79. The Labute approximate surface area is 119 Å². The number of hydrogen-bond acceptors (Lipinski definition) is 4. The Bertz CT molecular complexity index is 477. The maximum atomic E-state index is 11.6. The number of ether oxygens (including phenoxy) is 2. The smallest absolute Gasteiger partial charge is 0.338 e. The van der Waals surface area contributed by atoms with Gasteiger partial charge in [0.25, 0.3) is 0 Å². The lowest BCUT2D eigenvalue weighted by Gasteiger charge is -2.02. The maximum Gasteiger partial charge on any atom is 0.338 e. The van der Waals surface area contributed by atoms with Crippen molar-refractivity contribution in [2.24, 2.45) is 0 Å². The SMILES string of the molecule is CCCCOC(=O)C=Cc1cccc(C(=O)OCC)c1. The lowest BCUT2D eigenvalue weighted by molar-refractivity contribution is -0.137. The van der Waals surface area contributed by atoms with E-state index in [-0.39, 0.29) is 11.9 Å². The average Bonchev–Trinajstić information content (AvgIpc) is 2.46. The molecule has 1 rings (SSSR count). The minimum absolute atomic E-state index is 0.336. The van der Waals surface area contributed by atoms with Crippen molar-refractivity contribution < 1.29 is 19.1 Å². The second-order valence-electron chi connectivity index (χ2n) is 4.20. The highest BCUT2D eigenvalue weighted by atomic mass is 16.5. The number of unbranched alkanes of at least 4 members (excludes halogenated alkanes) is 1. The standard InChI is InChI=1S/C16H20O4/c1-3-5-11-20-15(17)10-9-13-7-6-8-14(12-13)16(18)19-4-2/h6-10,12H,3-5,11H2,1-2H3. The molecule has 0 atom stereocenters. The molecule has 0 fully saturated rings. The van der Waals surface area contributed by atoms with E-state index in [0.717, 1.165) is 18.4 Å². The molecule has 0 aromatic heterocycles. The van der Waals surface area contributed by atoms with E-state index >= 15 is 0 Å². The van der Waals surface area contributed by atoms with Crippen LogP contribution < -0.4 is 0 Å². The van der Waals surface area contributed by atoms with Crippen molar-refractivity contribution in [3.05, 3.63) is 41.5 Å². The van der Waals surface area contributed by atoms with Crippen LogP contribution in [-0.2, 0) is 14.3 Å². The second-order valence-corrected chi connectivity index (χ2v) is 4.20. The van der Waals surface area contributed by atoms with E-state index in [1.807, 2.05) is 6.92 Å². The molecule has 4 heteroatoms. The average molecular weight is 276 g/mol. The van der Waals surface area contributed by atoms with Crippen LogP contribution in [0.3, 0.4) is 0 Å². The number of rotatable bonds is 7. The molecule has 0 heterocycles. The molecule has 4 nitrogen and oxygen atoms in total. The van der Waals surface area contributed by atoms with Gasteiger partial charge in [-0.15, -0.1) is 0 Å². The van der Waals surface area contributed by atoms with Gasteiger partial charge in [-0.05, 0) is 37.1 Å². The van der Waals surface area contributed by atoms with E-state index in [2.05, 4.69) is 0 Å². The second kappa shape index (κ2) is 8.91. The number of hydrogen-bond donors (Lipinski definition) is 0. The molecule has 0 radical (unpaired) electrons. The van der Waals surface area contributed by atoms with Crippen molar-refractivity contribution in [2.75, 3.05) is 13.2 Å². The van der Waals surface area contributed by atoms with Gasteiger partial charge in [0, 0.05) is 6.08 Å². The van der Waals surface area contributed by atoms with Crippen LogP contribution >= 0.6 is 0 Å². The van der Waals surface area contributed by atoms with Crippen molar-refractivity contribution in [1.82, 2.24) is 0 Å². The van der Waals surface area contributed by atoms with Crippen LogP contribution in [0.25, 0.3) is 6.08 Å². The topological polar surface area (TPSA) is 52.6 Å². The number of benzene rings is 1. The van der Waals surface area contributed by atoms with Crippen LogP contribution in [0.1, 0.15) is 42.6 Å². The molecule has 0 aliphatic heterocycles. The Morgan fingerprint density at radius 2 is 2.00 bits per heavy atom. The maximum absolute atomic E-state index is 11.6. The highest BCUT2D eigenvalue weighted by Gasteiger charge is 2.05. The van der Waals surface area contributed by atoms with Gasteiger partial charge in [-0.2, -0.15) is 0 Å². The molecule has 0 bridgehead atoms. The molecule has 0 amide bonds. The Morgan fingerprint density at radius 1 is 1.20 bits per heavy atom. The summed E-state index contributed by atoms with van der Waals surface area (Å²) in [6.45, 7) is 4.56. The highest BCUT2D eigenvalue weighted by Crippen LogP contribution is 2.09. The quantitative estimate of drug-likeness (QED) is 0.436. The number of carbonyl (C=O) groups is 2. The normalized spacial score (nSPS) is 10.5. The van der Waals surface area contributed by atoms with E-state index in [1.54, 1.807) is 37.3 Å². The Kier molecular flexibility index (Phi) is 7.11. The van der Waals surface area contributed by atoms with Crippen molar-refractivity contribution in [3.8, 4) is 0 Å². The zero-order valence-electron chi connectivity index (χ0n) is 11.9. The van der Waals surface area contributed by atoms with Gasteiger partial charge in [-0.3, -0.25) is 0 Å². The molecule has 0 saturated heterocycles. The molecule has 1 aromatic carbocycles. The first-order chi connectivity index (χ1) is 9.67. The summed E-state index contributed by atoms with van der Waals surface area (Å²) in [5.41, 5.74) is 1.22. The van der Waals surface area contributed by atoms with Crippen LogP contribution in [0.15, 0.2) is 30.3 Å². The molecule has 0 aliphatic carbocycles. The van der Waals surface area contributed by atoms with Gasteiger partial charge in [0.2, 0.25) is 0 Å². The van der Waals surface area contributed by atoms with Crippen LogP contribution in [0.4, 0.5) is 0 Å². The fourth-order valence-electron chi connectivity index (χ4n) is 1.51. The third kappa shape index (κ3) is 5.69. The van der Waals surface area contributed by atoms with Crippen molar-refractivity contribution in [1.29, 1.82) is 0 Å². The molecule has 108 valence electrons. The van der Waals surface area contributed by atoms with Gasteiger partial charge >= 0.3 is 11.9 Å². The van der Waals surface area contributed by atoms with Gasteiger partial charge in [0.1, 0.15) is 0 Å². The van der Waals surface area contributed by atoms with Crippen LogP contribution in [0, 0.1) is 0 Å². The summed E-state index contributed by atoms with van der Waals surface area (Å²) in [4.78, 5) is 23.0. The molecular formula is C16H20O4. The van der Waals surface area contributed by atoms with Gasteiger partial charge in [0.15, 0.2) is 0 Å². The minimum atomic E-state index is -0.375. The summed E-state index contributed by atoms with van der Waals surface area (Å²) >= 11 is 0. The molecule has 0 aliphatic rings. The monoisotopic (exact) mass is 276 g/mol. The minimum Gasteiger partial charge on any atom is -0.463 e. The third-order valence-corrected chi connectivity index (χ3v) is 2.55. The molecule has 0 unspecified atom stereocenters. The zero-order valence-corrected chi connectivity index (χ0v) is 11.9. The summed E-state index contributed by atoms with van der Waals surface area (Å²) in [6.07, 6.45) is 4.83. The van der Waals surface area contributed by atoms with Crippen molar-refractivity contribution in [3.63, 3.8) is 0 Å². The lowest BCUT2D eigenvalue weighted by Crippen LogP contribution is -2.04. The van der Waals surface area contributed by atoms with E-state index in [0.29, 0.717) is 18.8 Å². The fraction of sp³-hybridized carbons (Fsp3) is 0.375. The van der Waals surface area contributed by atoms with Gasteiger partial charge in [0.05, 0.1) is 18.8 Å². The van der Waals surface area contributed by atoms with Gasteiger partial charge in [-0.1, -0.05) is 25.5 Å². The lowest BCUT2D eigenvalue weighted by atomic mass is 10.1. The van der Waals surface area contributed by atoms with Crippen molar-refractivity contribution >= 4 is 18.0 Å². The van der Waals surface area contributed by atoms with Crippen molar-refractivity contribution in [2.45, 2.75) is 26.7 Å². The molecule has 0 saturated carbocycles. The molecular weight excluding hydrogens is 256 g/mol. The Balaban J connectivity index is 2.61. The first-order valence-electron chi connectivity index (χ1n) is 6.79. The molecule has 0 spiro atoms. The van der Waals surface area contributed by atoms with E-state index in [9.17, 15) is 9.59 Å². The first kappa shape index (κ1) is 16.0. The summed E-state index contributed by atoms with van der Waals surface area (Å²) in [5.74, 6) is -0.742. The van der Waals surface area contributed by atoms with Crippen LogP contribution in [-0.4, -0.2) is 25.2 Å². The van der Waals surface area contributed by atoms with E-state index in [4.69, 9.17) is 9.47 Å². The Morgan fingerprint density at radius 3 is 2.70 bits per heavy atom. The zero-order chi connectivity index (χ0) is 14.8. The molecule has 20 heavy (non-hydrogen) atoms. The fourth-order valence-corrected chi connectivity index (χ4v) is 1.51. The van der Waals surface area contributed by atoms with Gasteiger partial charge in [-0.25, -0.2) is 9.59 Å². The van der Waals surface area contributed by atoms with Crippen LogP contribution in [0.2, 0.25) is 0 Å². The van der Waals surface area contributed by atoms with E-state index < -0.39 is 0 Å². The highest BCUT2D eigenvalue weighted by molar-refractivity contribution is 5.91. The summed E-state index contributed by atoms with van der Waals surface area (Å²) < 4.78 is 9.92. The largest absolute Gasteiger partial charge is 0.463 e. The van der Waals surface area contributed by atoms with E-state index in [1.165, 1.54) is 6.08 Å². The summed E-state index contributed by atoms with van der Waals surface area (Å²) in [5, 5.41) is 0.